The number of carbonyl (C=O) groups excluding carboxylic acids is 1. The summed E-state index contributed by atoms with van der Waals surface area (Å²) in [5.74, 6) is -1.45. The Hall–Kier alpha value is -2.30. The number of hydrogen-bond donors (Lipinski definition) is 2. The topological polar surface area (TPSA) is 75.6 Å². The van der Waals surface area contributed by atoms with Crippen LogP contribution in [0.25, 0.3) is 0 Å². The van der Waals surface area contributed by atoms with E-state index < -0.39 is 18.0 Å². The summed E-state index contributed by atoms with van der Waals surface area (Å²) in [5, 5.41) is 12.0. The maximum absolute atomic E-state index is 11.3. The third kappa shape index (κ3) is 5.56. The second-order valence-corrected chi connectivity index (χ2v) is 4.30. The van der Waals surface area contributed by atoms with Crippen LogP contribution in [0.4, 0.5) is 0 Å². The number of aliphatic carboxylic acids is 1. The number of carboxylic acids is 1. The van der Waals surface area contributed by atoms with Gasteiger partial charge in [0.2, 0.25) is 0 Å². The van der Waals surface area contributed by atoms with E-state index in [-0.39, 0.29) is 6.61 Å². The second-order valence-electron chi connectivity index (χ2n) is 4.30. The van der Waals surface area contributed by atoms with Crippen LogP contribution in [0.1, 0.15) is 19.4 Å². The molecule has 0 heterocycles. The predicted octanol–water partition coefficient (Wildman–Crippen LogP) is 1.74. The van der Waals surface area contributed by atoms with Gasteiger partial charge < -0.3 is 15.2 Å². The van der Waals surface area contributed by atoms with E-state index in [1.165, 1.54) is 6.08 Å². The quantitative estimate of drug-likeness (QED) is 0.586. The van der Waals surface area contributed by atoms with Crippen LogP contribution in [-0.2, 0) is 20.7 Å². The molecule has 20 heavy (non-hydrogen) atoms. The molecule has 5 heteroatoms. The highest BCUT2D eigenvalue weighted by atomic mass is 16.5. The monoisotopic (exact) mass is 277 g/mol. The summed E-state index contributed by atoms with van der Waals surface area (Å²) in [6.07, 6.45) is 1.59. The summed E-state index contributed by atoms with van der Waals surface area (Å²) in [7, 11) is 0. The lowest BCUT2D eigenvalue weighted by Crippen LogP contribution is -2.37. The molecule has 0 aliphatic carbocycles. The molecule has 0 saturated carbocycles. The van der Waals surface area contributed by atoms with Gasteiger partial charge in [-0.15, -0.1) is 0 Å². The first-order chi connectivity index (χ1) is 9.52. The number of nitrogens with one attached hydrogen (secondary N) is 1. The highest BCUT2D eigenvalue weighted by molar-refractivity contribution is 5.83. The average molecular weight is 277 g/mol. The van der Waals surface area contributed by atoms with E-state index in [1.807, 2.05) is 30.3 Å². The zero-order valence-electron chi connectivity index (χ0n) is 11.6. The van der Waals surface area contributed by atoms with Gasteiger partial charge in [0.25, 0.3) is 0 Å². The second kappa shape index (κ2) is 7.99. The zero-order valence-corrected chi connectivity index (χ0v) is 11.6. The van der Waals surface area contributed by atoms with Crippen molar-refractivity contribution in [3.05, 3.63) is 47.7 Å². The first-order valence-corrected chi connectivity index (χ1v) is 6.41. The number of rotatable bonds is 7. The van der Waals surface area contributed by atoms with E-state index in [0.29, 0.717) is 12.1 Å². The van der Waals surface area contributed by atoms with Gasteiger partial charge in [-0.2, -0.15) is 0 Å². The fraction of sp³-hybridized carbons (Fsp3) is 0.333. The molecule has 0 saturated heterocycles. The van der Waals surface area contributed by atoms with Crippen molar-refractivity contribution in [2.75, 3.05) is 6.61 Å². The molecule has 5 nitrogen and oxygen atoms in total. The Morgan fingerprint density at radius 2 is 2.00 bits per heavy atom. The molecule has 0 fully saturated rings. The lowest BCUT2D eigenvalue weighted by Gasteiger charge is -2.16. The molecule has 0 aliphatic heterocycles. The first kappa shape index (κ1) is 15.8. The summed E-state index contributed by atoms with van der Waals surface area (Å²) in [6, 6.07) is 8.52. The Labute approximate surface area is 118 Å². The molecule has 2 N–H and O–H groups in total. The predicted molar refractivity (Wildman–Crippen MR) is 75.1 cm³/mol. The van der Waals surface area contributed by atoms with Crippen molar-refractivity contribution in [2.24, 2.45) is 0 Å². The number of hydrogen-bond acceptors (Lipinski definition) is 4. The highest BCUT2D eigenvalue weighted by Gasteiger charge is 2.17. The van der Waals surface area contributed by atoms with E-state index in [2.05, 4.69) is 5.32 Å². The molecule has 0 radical (unpaired) electrons. The molecule has 0 spiro atoms. The standard InChI is InChI=1S/C15H19NO4/c1-3-20-14(17)9-11(2)16-13(15(18)19)10-12-7-5-4-6-8-12/h4-9,13,16H,3,10H2,1-2H3,(H,18,19)/b11-9-/t13-/m0/s1. The fourth-order valence-electron chi connectivity index (χ4n) is 1.73. The SMILES string of the molecule is CCOC(=O)/C=C(/C)N[C@@H](Cc1ccccc1)C(=O)O. The fourth-order valence-corrected chi connectivity index (χ4v) is 1.73. The van der Waals surface area contributed by atoms with Crippen LogP contribution >= 0.6 is 0 Å². The lowest BCUT2D eigenvalue weighted by atomic mass is 10.1. The van der Waals surface area contributed by atoms with Gasteiger partial charge in [0.05, 0.1) is 6.61 Å². The minimum absolute atomic E-state index is 0.287. The van der Waals surface area contributed by atoms with E-state index >= 15 is 0 Å². The third-order valence-corrected chi connectivity index (χ3v) is 2.60. The van der Waals surface area contributed by atoms with Crippen molar-refractivity contribution in [1.29, 1.82) is 0 Å². The van der Waals surface area contributed by atoms with Gasteiger partial charge in [-0.3, -0.25) is 0 Å². The number of benzene rings is 1. The van der Waals surface area contributed by atoms with Crippen LogP contribution in [0.2, 0.25) is 0 Å². The normalized spacial score (nSPS) is 12.6. The van der Waals surface area contributed by atoms with Crippen molar-refractivity contribution < 1.29 is 19.4 Å². The minimum atomic E-state index is -0.967. The maximum atomic E-state index is 11.3. The van der Waals surface area contributed by atoms with Gasteiger partial charge >= 0.3 is 11.9 Å². The van der Waals surface area contributed by atoms with Crippen molar-refractivity contribution in [3.8, 4) is 0 Å². The molecular weight excluding hydrogens is 258 g/mol. The molecule has 1 rings (SSSR count). The molecule has 0 bridgehead atoms. The van der Waals surface area contributed by atoms with Crippen molar-refractivity contribution in [2.45, 2.75) is 26.3 Å². The van der Waals surface area contributed by atoms with E-state index in [9.17, 15) is 14.7 Å². The molecule has 1 aromatic rings. The Bertz CT molecular complexity index is 482. The Balaban J connectivity index is 2.68. The van der Waals surface area contributed by atoms with Crippen LogP contribution in [-0.4, -0.2) is 29.7 Å². The Morgan fingerprint density at radius 3 is 2.55 bits per heavy atom. The maximum Gasteiger partial charge on any atom is 0.332 e. The first-order valence-electron chi connectivity index (χ1n) is 6.41. The van der Waals surface area contributed by atoms with Crippen molar-refractivity contribution >= 4 is 11.9 Å². The zero-order chi connectivity index (χ0) is 15.0. The molecule has 0 unspecified atom stereocenters. The van der Waals surface area contributed by atoms with E-state index in [4.69, 9.17) is 4.74 Å². The summed E-state index contributed by atoms with van der Waals surface area (Å²) in [5.41, 5.74) is 1.38. The summed E-state index contributed by atoms with van der Waals surface area (Å²) in [4.78, 5) is 22.5. The molecule has 1 aromatic carbocycles. The van der Waals surface area contributed by atoms with Crippen molar-refractivity contribution in [1.82, 2.24) is 5.32 Å². The Morgan fingerprint density at radius 1 is 1.35 bits per heavy atom. The van der Waals surface area contributed by atoms with Gasteiger partial charge in [-0.05, 0) is 19.4 Å². The van der Waals surface area contributed by atoms with Gasteiger partial charge in [0, 0.05) is 18.2 Å². The van der Waals surface area contributed by atoms with Crippen LogP contribution in [0.3, 0.4) is 0 Å². The molecule has 0 amide bonds. The Kier molecular flexibility index (Phi) is 6.29. The van der Waals surface area contributed by atoms with Gasteiger partial charge in [-0.25, -0.2) is 9.59 Å². The highest BCUT2D eigenvalue weighted by Crippen LogP contribution is 2.05. The summed E-state index contributed by atoms with van der Waals surface area (Å²) >= 11 is 0. The van der Waals surface area contributed by atoms with Gasteiger partial charge in [0.15, 0.2) is 0 Å². The number of ether oxygens (including phenoxy) is 1. The van der Waals surface area contributed by atoms with Crippen molar-refractivity contribution in [3.63, 3.8) is 0 Å². The number of esters is 1. The average Bonchev–Trinajstić information content (AvgIpc) is 2.39. The number of allylic oxidation sites excluding steroid dienone is 1. The van der Waals surface area contributed by atoms with Crippen LogP contribution < -0.4 is 5.32 Å². The third-order valence-electron chi connectivity index (χ3n) is 2.60. The smallest absolute Gasteiger partial charge is 0.332 e. The molecule has 1 atom stereocenters. The summed E-state index contributed by atoms with van der Waals surface area (Å²) < 4.78 is 4.77. The summed E-state index contributed by atoms with van der Waals surface area (Å²) in [6.45, 7) is 3.64. The van der Waals surface area contributed by atoms with Gasteiger partial charge in [0.1, 0.15) is 6.04 Å². The molecular formula is C15H19NO4. The van der Waals surface area contributed by atoms with Crippen LogP contribution in [0, 0.1) is 0 Å². The number of carboxylic acid groups (broad SMARTS) is 1. The van der Waals surface area contributed by atoms with E-state index in [0.717, 1.165) is 5.56 Å². The van der Waals surface area contributed by atoms with Crippen LogP contribution in [0.15, 0.2) is 42.1 Å². The molecule has 108 valence electrons. The van der Waals surface area contributed by atoms with Gasteiger partial charge in [-0.1, -0.05) is 30.3 Å². The molecule has 0 aromatic heterocycles. The molecule has 0 aliphatic rings. The lowest BCUT2D eigenvalue weighted by molar-refractivity contribution is -0.140. The van der Waals surface area contributed by atoms with E-state index in [1.54, 1.807) is 13.8 Å². The van der Waals surface area contributed by atoms with Crippen LogP contribution in [0.5, 0.6) is 0 Å². The largest absolute Gasteiger partial charge is 0.480 e. The minimum Gasteiger partial charge on any atom is -0.480 e. The number of carbonyl (C=O) groups is 2.